The molecule has 0 bridgehead atoms. The van der Waals surface area contributed by atoms with Crippen LogP contribution in [0.15, 0.2) is 60.7 Å². The lowest BCUT2D eigenvalue weighted by molar-refractivity contribution is -0.110. The maximum absolute atomic E-state index is 11.9. The SMILES string of the molecule is CCCCC(C=O)C[Si](c1ccccc1)(c1ccccc1)C(C)(C)C. The Morgan fingerprint density at radius 2 is 1.40 bits per heavy atom. The molecule has 134 valence electrons. The first-order valence-corrected chi connectivity index (χ1v) is 11.7. The number of carbonyl (C=O) groups excluding carboxylic acids is 1. The van der Waals surface area contributed by atoms with Crippen molar-refractivity contribution in [1.82, 2.24) is 0 Å². The van der Waals surface area contributed by atoms with Crippen LogP contribution in [0.5, 0.6) is 0 Å². The molecule has 0 spiro atoms. The molecule has 0 heterocycles. The van der Waals surface area contributed by atoms with Crippen molar-refractivity contribution in [1.29, 1.82) is 0 Å². The van der Waals surface area contributed by atoms with Crippen LogP contribution in [0.3, 0.4) is 0 Å². The zero-order valence-corrected chi connectivity index (χ0v) is 17.2. The summed E-state index contributed by atoms with van der Waals surface area (Å²) in [4.78, 5) is 11.9. The van der Waals surface area contributed by atoms with E-state index < -0.39 is 8.07 Å². The minimum absolute atomic E-state index is 0.128. The van der Waals surface area contributed by atoms with Gasteiger partial charge in [0.05, 0.1) is 0 Å². The van der Waals surface area contributed by atoms with Crippen LogP contribution < -0.4 is 10.4 Å². The maximum atomic E-state index is 11.9. The van der Waals surface area contributed by atoms with Gasteiger partial charge in [0.1, 0.15) is 14.4 Å². The number of hydrogen-bond donors (Lipinski definition) is 0. The molecule has 2 aromatic rings. The first-order chi connectivity index (χ1) is 12.0. The summed E-state index contributed by atoms with van der Waals surface area (Å²) < 4.78 is 0. The number of unbranched alkanes of at least 4 members (excludes halogenated alkanes) is 1. The lowest BCUT2D eigenvalue weighted by atomic mass is 10.1. The molecular formula is C23H32OSi. The second-order valence-electron chi connectivity index (χ2n) is 8.13. The fraction of sp³-hybridized carbons (Fsp3) is 0.435. The summed E-state index contributed by atoms with van der Waals surface area (Å²) in [6.45, 7) is 9.29. The molecule has 2 rings (SSSR count). The van der Waals surface area contributed by atoms with Crippen LogP contribution in [0, 0.1) is 5.92 Å². The second-order valence-corrected chi connectivity index (χ2v) is 13.0. The monoisotopic (exact) mass is 352 g/mol. The molecule has 0 fully saturated rings. The molecular weight excluding hydrogens is 320 g/mol. The molecule has 0 N–H and O–H groups in total. The molecule has 0 aliphatic carbocycles. The number of rotatable bonds is 8. The van der Waals surface area contributed by atoms with Gasteiger partial charge in [-0.2, -0.15) is 0 Å². The van der Waals surface area contributed by atoms with E-state index in [9.17, 15) is 4.79 Å². The zero-order valence-electron chi connectivity index (χ0n) is 16.2. The van der Waals surface area contributed by atoms with E-state index in [4.69, 9.17) is 0 Å². The van der Waals surface area contributed by atoms with E-state index >= 15 is 0 Å². The summed E-state index contributed by atoms with van der Waals surface area (Å²) in [7, 11) is -2.11. The molecule has 2 aromatic carbocycles. The number of hydrogen-bond acceptors (Lipinski definition) is 1. The number of aldehydes is 1. The van der Waals surface area contributed by atoms with Gasteiger partial charge in [-0.1, -0.05) is 112 Å². The van der Waals surface area contributed by atoms with Gasteiger partial charge >= 0.3 is 0 Å². The van der Waals surface area contributed by atoms with Gasteiger partial charge in [0.15, 0.2) is 0 Å². The summed E-state index contributed by atoms with van der Waals surface area (Å²) in [6.07, 6.45) is 4.49. The van der Waals surface area contributed by atoms with E-state index in [1.807, 2.05) is 0 Å². The van der Waals surface area contributed by atoms with Gasteiger partial charge in [0.2, 0.25) is 0 Å². The van der Waals surface area contributed by atoms with Gasteiger partial charge in [-0.15, -0.1) is 0 Å². The first kappa shape index (κ1) is 19.6. The van der Waals surface area contributed by atoms with Crippen LogP contribution >= 0.6 is 0 Å². The molecule has 0 amide bonds. The highest BCUT2D eigenvalue weighted by Gasteiger charge is 2.48. The summed E-state index contributed by atoms with van der Waals surface area (Å²) in [5.74, 6) is 0.145. The van der Waals surface area contributed by atoms with Crippen molar-refractivity contribution < 1.29 is 4.79 Å². The molecule has 1 atom stereocenters. The highest BCUT2D eigenvalue weighted by Crippen LogP contribution is 2.40. The molecule has 0 aromatic heterocycles. The van der Waals surface area contributed by atoms with Crippen molar-refractivity contribution in [2.24, 2.45) is 5.92 Å². The third-order valence-corrected chi connectivity index (χ3v) is 11.8. The molecule has 2 heteroatoms. The fourth-order valence-corrected chi connectivity index (χ4v) is 9.86. The average Bonchev–Trinajstić information content (AvgIpc) is 2.62. The Hall–Kier alpha value is -1.67. The van der Waals surface area contributed by atoms with E-state index in [1.165, 1.54) is 16.7 Å². The Bertz CT molecular complexity index is 603. The Kier molecular flexibility index (Phi) is 6.77. The summed E-state index contributed by atoms with van der Waals surface area (Å²) >= 11 is 0. The lowest BCUT2D eigenvalue weighted by Crippen LogP contribution is -2.65. The standard InChI is InChI=1S/C23H32OSi/c1-5-6-13-20(18-24)19-25(23(2,3)4,21-14-9-7-10-15-21)22-16-11-8-12-17-22/h7-12,14-18,20H,5-6,13,19H2,1-4H3. The molecule has 0 saturated carbocycles. The van der Waals surface area contributed by atoms with E-state index in [0.29, 0.717) is 0 Å². The van der Waals surface area contributed by atoms with Crippen molar-refractivity contribution in [2.75, 3.05) is 0 Å². The van der Waals surface area contributed by atoms with Crippen LogP contribution in [0.2, 0.25) is 11.1 Å². The van der Waals surface area contributed by atoms with Crippen molar-refractivity contribution in [3.63, 3.8) is 0 Å². The van der Waals surface area contributed by atoms with Crippen molar-refractivity contribution in [2.45, 2.75) is 58.0 Å². The zero-order chi connectivity index (χ0) is 18.3. The predicted molar refractivity (Wildman–Crippen MR) is 112 cm³/mol. The van der Waals surface area contributed by atoms with Crippen LogP contribution in [0.1, 0.15) is 47.0 Å². The van der Waals surface area contributed by atoms with Crippen LogP contribution in [-0.2, 0) is 4.79 Å². The van der Waals surface area contributed by atoms with Gasteiger partial charge in [-0.25, -0.2) is 0 Å². The van der Waals surface area contributed by atoms with Crippen molar-refractivity contribution in [3.8, 4) is 0 Å². The molecule has 25 heavy (non-hydrogen) atoms. The number of carbonyl (C=O) groups is 1. The molecule has 1 unspecified atom stereocenters. The average molecular weight is 353 g/mol. The Balaban J connectivity index is 2.62. The van der Waals surface area contributed by atoms with E-state index in [-0.39, 0.29) is 11.0 Å². The molecule has 1 nitrogen and oxygen atoms in total. The summed E-state index contributed by atoms with van der Waals surface area (Å²) in [5, 5.41) is 3.01. The van der Waals surface area contributed by atoms with Crippen LogP contribution in [-0.4, -0.2) is 14.4 Å². The number of benzene rings is 2. The first-order valence-electron chi connectivity index (χ1n) is 9.52. The topological polar surface area (TPSA) is 17.1 Å². The van der Waals surface area contributed by atoms with Crippen LogP contribution in [0.4, 0.5) is 0 Å². The molecule has 0 aliphatic heterocycles. The Morgan fingerprint density at radius 3 is 1.76 bits per heavy atom. The van der Waals surface area contributed by atoms with Crippen LogP contribution in [0.25, 0.3) is 0 Å². The Morgan fingerprint density at radius 1 is 0.920 bits per heavy atom. The van der Waals surface area contributed by atoms with E-state index in [0.717, 1.165) is 25.3 Å². The quantitative estimate of drug-likeness (QED) is 0.480. The fourth-order valence-electron chi connectivity index (χ4n) is 4.10. The predicted octanol–water partition coefficient (Wildman–Crippen LogP) is 5.06. The summed E-state index contributed by atoms with van der Waals surface area (Å²) in [5.41, 5.74) is 0. The Labute approximate surface area is 154 Å². The van der Waals surface area contributed by atoms with Crippen molar-refractivity contribution in [3.05, 3.63) is 60.7 Å². The largest absolute Gasteiger partial charge is 0.303 e. The minimum atomic E-state index is -2.11. The van der Waals surface area contributed by atoms with E-state index in [1.54, 1.807) is 0 Å². The normalized spacial score (nSPS) is 13.4. The minimum Gasteiger partial charge on any atom is -0.303 e. The third-order valence-electron chi connectivity index (χ3n) is 5.50. The van der Waals surface area contributed by atoms with Crippen molar-refractivity contribution >= 4 is 24.7 Å². The second kappa shape index (κ2) is 8.62. The smallest absolute Gasteiger partial charge is 0.124 e. The maximum Gasteiger partial charge on any atom is 0.124 e. The van der Waals surface area contributed by atoms with Gasteiger partial charge < -0.3 is 4.79 Å². The molecule has 0 saturated heterocycles. The highest BCUT2D eigenvalue weighted by atomic mass is 28.3. The van der Waals surface area contributed by atoms with Gasteiger partial charge in [-0.05, 0) is 17.5 Å². The van der Waals surface area contributed by atoms with Gasteiger partial charge in [0.25, 0.3) is 0 Å². The van der Waals surface area contributed by atoms with Gasteiger partial charge in [0, 0.05) is 5.92 Å². The highest BCUT2D eigenvalue weighted by molar-refractivity contribution is 7.04. The molecule has 0 aliphatic rings. The molecule has 0 radical (unpaired) electrons. The third kappa shape index (κ3) is 4.30. The lowest BCUT2D eigenvalue weighted by Gasteiger charge is -2.45. The van der Waals surface area contributed by atoms with E-state index in [2.05, 4.69) is 88.4 Å². The van der Waals surface area contributed by atoms with Gasteiger partial charge in [-0.3, -0.25) is 0 Å². The summed E-state index contributed by atoms with van der Waals surface area (Å²) in [6, 6.07) is 22.9.